The summed E-state index contributed by atoms with van der Waals surface area (Å²) in [6.07, 6.45) is 1.25. The number of nitrogens with one attached hydrogen (secondary N) is 2. The van der Waals surface area contributed by atoms with Crippen LogP contribution in [0, 0.1) is 12.7 Å². The highest BCUT2D eigenvalue weighted by atomic mass is 19.1. The third-order valence-corrected chi connectivity index (χ3v) is 4.05. The second kappa shape index (κ2) is 9.93. The smallest absolute Gasteiger partial charge is 0.343 e. The van der Waals surface area contributed by atoms with Crippen LogP contribution >= 0.6 is 0 Å². The molecule has 31 heavy (non-hydrogen) atoms. The van der Waals surface area contributed by atoms with Crippen LogP contribution in [0.25, 0.3) is 0 Å². The van der Waals surface area contributed by atoms with Crippen molar-refractivity contribution in [2.75, 3.05) is 5.32 Å². The zero-order valence-corrected chi connectivity index (χ0v) is 16.5. The van der Waals surface area contributed by atoms with Gasteiger partial charge in [0, 0.05) is 11.3 Å². The van der Waals surface area contributed by atoms with E-state index in [1.807, 2.05) is 13.0 Å². The van der Waals surface area contributed by atoms with E-state index in [1.165, 1.54) is 18.3 Å². The molecule has 7 nitrogen and oxygen atoms in total. The number of ether oxygens (including phenoxy) is 1. The van der Waals surface area contributed by atoms with Gasteiger partial charge in [-0.3, -0.25) is 9.59 Å². The highest BCUT2D eigenvalue weighted by Crippen LogP contribution is 2.18. The highest BCUT2D eigenvalue weighted by molar-refractivity contribution is 6.39. The number of hydrazone groups is 1. The van der Waals surface area contributed by atoms with E-state index in [1.54, 1.807) is 42.5 Å². The van der Waals surface area contributed by atoms with Gasteiger partial charge in [-0.2, -0.15) is 5.10 Å². The summed E-state index contributed by atoms with van der Waals surface area (Å²) < 4.78 is 18.3. The number of nitrogens with zero attached hydrogens (tertiary/aromatic N) is 1. The van der Waals surface area contributed by atoms with E-state index in [-0.39, 0.29) is 11.4 Å². The largest absolute Gasteiger partial charge is 0.422 e. The molecule has 2 N–H and O–H groups in total. The van der Waals surface area contributed by atoms with Crippen molar-refractivity contribution >= 4 is 29.7 Å². The van der Waals surface area contributed by atoms with E-state index < -0.39 is 23.6 Å². The number of benzene rings is 3. The predicted molar refractivity (Wildman–Crippen MR) is 113 cm³/mol. The molecule has 0 aliphatic carbocycles. The zero-order valence-electron chi connectivity index (χ0n) is 16.5. The minimum absolute atomic E-state index is 0.239. The lowest BCUT2D eigenvalue weighted by molar-refractivity contribution is -0.136. The fourth-order valence-corrected chi connectivity index (χ4v) is 2.54. The molecule has 0 aliphatic rings. The van der Waals surface area contributed by atoms with Crippen molar-refractivity contribution in [3.05, 3.63) is 95.3 Å². The molecule has 156 valence electrons. The maximum atomic E-state index is 12.9. The first-order chi connectivity index (χ1) is 14.9. The standard InChI is InChI=1S/C23H18FN3O4/c1-15-5-4-7-16(13-15)23(30)31-20-8-3-2-6-17(20)14-25-27-22(29)21(28)26-19-11-9-18(24)10-12-19/h2-14H,1H3,(H,26,28)(H,27,29). The number of hydrogen-bond donors (Lipinski definition) is 2. The molecule has 2 amide bonds. The third kappa shape index (κ3) is 6.07. The molecule has 0 unspecified atom stereocenters. The zero-order chi connectivity index (χ0) is 22.2. The first kappa shape index (κ1) is 21.4. The van der Waals surface area contributed by atoms with Crippen LogP contribution in [0.4, 0.5) is 10.1 Å². The van der Waals surface area contributed by atoms with E-state index in [0.29, 0.717) is 11.1 Å². The van der Waals surface area contributed by atoms with Gasteiger partial charge in [0.15, 0.2) is 0 Å². The van der Waals surface area contributed by atoms with Crippen molar-refractivity contribution < 1.29 is 23.5 Å². The summed E-state index contributed by atoms with van der Waals surface area (Å²) in [5, 5.41) is 6.05. The number of hydrogen-bond acceptors (Lipinski definition) is 5. The molecule has 0 fully saturated rings. The number of esters is 1. The van der Waals surface area contributed by atoms with Gasteiger partial charge in [-0.15, -0.1) is 0 Å². The first-order valence-electron chi connectivity index (χ1n) is 9.20. The predicted octanol–water partition coefficient (Wildman–Crippen LogP) is 3.44. The Hall–Kier alpha value is -4.33. The Morgan fingerprint density at radius 3 is 2.42 bits per heavy atom. The van der Waals surface area contributed by atoms with Gasteiger partial charge in [-0.05, 0) is 55.5 Å². The molecule has 3 aromatic rings. The first-order valence-corrected chi connectivity index (χ1v) is 9.20. The van der Waals surface area contributed by atoms with Crippen molar-refractivity contribution in [2.24, 2.45) is 5.10 Å². The van der Waals surface area contributed by atoms with Crippen LogP contribution in [0.3, 0.4) is 0 Å². The molecular weight excluding hydrogens is 401 g/mol. The number of anilines is 1. The van der Waals surface area contributed by atoms with Gasteiger partial charge in [0.2, 0.25) is 0 Å². The summed E-state index contributed by atoms with van der Waals surface area (Å²) in [4.78, 5) is 36.1. The molecule has 3 aromatic carbocycles. The molecule has 0 saturated carbocycles. The molecule has 0 bridgehead atoms. The van der Waals surface area contributed by atoms with Crippen LogP contribution < -0.4 is 15.5 Å². The number of aryl methyl sites for hydroxylation is 1. The number of halogens is 1. The van der Waals surface area contributed by atoms with E-state index in [2.05, 4.69) is 15.8 Å². The van der Waals surface area contributed by atoms with Gasteiger partial charge in [-0.25, -0.2) is 14.6 Å². The van der Waals surface area contributed by atoms with E-state index >= 15 is 0 Å². The van der Waals surface area contributed by atoms with Gasteiger partial charge < -0.3 is 10.1 Å². The van der Waals surface area contributed by atoms with Gasteiger partial charge in [0.05, 0.1) is 11.8 Å². The lowest BCUT2D eigenvalue weighted by Gasteiger charge is -2.08. The molecule has 0 saturated heterocycles. The van der Waals surface area contributed by atoms with Crippen molar-refractivity contribution in [1.82, 2.24) is 5.43 Å². The van der Waals surface area contributed by atoms with E-state index in [0.717, 1.165) is 17.7 Å². The second-order valence-electron chi connectivity index (χ2n) is 6.46. The van der Waals surface area contributed by atoms with Crippen molar-refractivity contribution in [3.8, 4) is 5.75 Å². The fraction of sp³-hybridized carbons (Fsp3) is 0.0435. The number of para-hydroxylation sites is 1. The van der Waals surface area contributed by atoms with Gasteiger partial charge in [-0.1, -0.05) is 29.8 Å². The van der Waals surface area contributed by atoms with Crippen LogP contribution in [0.5, 0.6) is 5.75 Å². The number of carbonyl (C=O) groups excluding carboxylic acids is 3. The summed E-state index contributed by atoms with van der Waals surface area (Å²) in [6.45, 7) is 1.87. The molecule has 0 aliphatic heterocycles. The van der Waals surface area contributed by atoms with Crippen LogP contribution in [0.1, 0.15) is 21.5 Å². The minimum Gasteiger partial charge on any atom is -0.422 e. The molecule has 3 rings (SSSR count). The van der Waals surface area contributed by atoms with Gasteiger partial charge in [0.1, 0.15) is 11.6 Å². The highest BCUT2D eigenvalue weighted by Gasteiger charge is 2.14. The lowest BCUT2D eigenvalue weighted by Crippen LogP contribution is -2.32. The minimum atomic E-state index is -1.02. The van der Waals surface area contributed by atoms with E-state index in [4.69, 9.17) is 4.74 Å². The van der Waals surface area contributed by atoms with Gasteiger partial charge >= 0.3 is 17.8 Å². The summed E-state index contributed by atoms with van der Waals surface area (Å²) in [7, 11) is 0. The Morgan fingerprint density at radius 2 is 1.68 bits per heavy atom. The van der Waals surface area contributed by atoms with Crippen molar-refractivity contribution in [3.63, 3.8) is 0 Å². The average Bonchev–Trinajstić information content (AvgIpc) is 2.76. The summed E-state index contributed by atoms with van der Waals surface area (Å²) >= 11 is 0. The van der Waals surface area contributed by atoms with Crippen LogP contribution in [-0.4, -0.2) is 24.0 Å². The van der Waals surface area contributed by atoms with Crippen LogP contribution in [0.2, 0.25) is 0 Å². The molecule has 0 spiro atoms. The maximum Gasteiger partial charge on any atom is 0.343 e. The third-order valence-electron chi connectivity index (χ3n) is 4.05. The monoisotopic (exact) mass is 419 g/mol. The quantitative estimate of drug-likeness (QED) is 0.218. The summed E-state index contributed by atoms with van der Waals surface area (Å²) in [5.74, 6) is -2.75. The normalized spacial score (nSPS) is 10.5. The molecular formula is C23H18FN3O4. The van der Waals surface area contributed by atoms with Crippen molar-refractivity contribution in [1.29, 1.82) is 0 Å². The van der Waals surface area contributed by atoms with E-state index in [9.17, 15) is 18.8 Å². The Labute approximate surface area is 177 Å². The second-order valence-corrected chi connectivity index (χ2v) is 6.46. The number of carbonyl (C=O) groups is 3. The Morgan fingerprint density at radius 1 is 0.935 bits per heavy atom. The maximum absolute atomic E-state index is 12.9. The fourth-order valence-electron chi connectivity index (χ4n) is 2.54. The molecule has 0 atom stereocenters. The molecule has 0 radical (unpaired) electrons. The summed E-state index contributed by atoms with van der Waals surface area (Å²) in [5.41, 5.74) is 4.09. The van der Waals surface area contributed by atoms with Crippen molar-refractivity contribution in [2.45, 2.75) is 6.92 Å². The topological polar surface area (TPSA) is 96.9 Å². The SMILES string of the molecule is Cc1cccc(C(=O)Oc2ccccc2C=NNC(=O)C(=O)Nc2ccc(F)cc2)c1. The summed E-state index contributed by atoms with van der Waals surface area (Å²) in [6, 6.07) is 18.5. The molecule has 0 heterocycles. The molecule has 0 aromatic heterocycles. The average molecular weight is 419 g/mol. The Balaban J connectivity index is 1.62. The molecule has 8 heteroatoms. The Bertz CT molecular complexity index is 1140. The van der Waals surface area contributed by atoms with Crippen LogP contribution in [-0.2, 0) is 9.59 Å². The number of amides is 2. The van der Waals surface area contributed by atoms with Crippen LogP contribution in [0.15, 0.2) is 77.9 Å². The Kier molecular flexibility index (Phi) is 6.85. The lowest BCUT2D eigenvalue weighted by atomic mass is 10.1. The van der Waals surface area contributed by atoms with Gasteiger partial charge in [0.25, 0.3) is 0 Å². The number of rotatable bonds is 5.